The first-order valence-corrected chi connectivity index (χ1v) is 6.66. The molecule has 100 valence electrons. The number of ether oxygens (including phenoxy) is 1. The van der Waals surface area contributed by atoms with Crippen LogP contribution >= 0.6 is 15.9 Å². The van der Waals surface area contributed by atoms with Crippen LogP contribution in [0.3, 0.4) is 0 Å². The Hall–Kier alpha value is -1.07. The van der Waals surface area contributed by atoms with Gasteiger partial charge in [-0.3, -0.25) is 4.79 Å². The van der Waals surface area contributed by atoms with Crippen molar-refractivity contribution in [1.29, 1.82) is 0 Å². The van der Waals surface area contributed by atoms with Gasteiger partial charge in [0.1, 0.15) is 12.4 Å². The molecule has 0 unspecified atom stereocenters. The van der Waals surface area contributed by atoms with Gasteiger partial charge in [-0.2, -0.15) is 0 Å². The summed E-state index contributed by atoms with van der Waals surface area (Å²) in [6.45, 7) is 2.16. The summed E-state index contributed by atoms with van der Waals surface area (Å²) in [7, 11) is 1.97. The van der Waals surface area contributed by atoms with Crippen molar-refractivity contribution in [3.63, 3.8) is 0 Å². The largest absolute Gasteiger partial charge is 0.492 e. The Kier molecular flexibility index (Phi) is 6.75. The van der Waals surface area contributed by atoms with Crippen molar-refractivity contribution < 1.29 is 14.6 Å². The third-order valence-corrected chi connectivity index (χ3v) is 3.01. The van der Waals surface area contributed by atoms with Crippen LogP contribution in [0.15, 0.2) is 28.7 Å². The zero-order valence-corrected chi connectivity index (χ0v) is 12.0. The lowest BCUT2D eigenvalue weighted by molar-refractivity contribution is -0.137. The van der Waals surface area contributed by atoms with Crippen LogP contribution in [0.5, 0.6) is 5.75 Å². The van der Waals surface area contributed by atoms with Crippen LogP contribution in [0.2, 0.25) is 0 Å². The molecule has 0 fully saturated rings. The number of carboxylic acid groups (broad SMARTS) is 1. The lowest BCUT2D eigenvalue weighted by Crippen LogP contribution is -2.25. The molecule has 0 spiro atoms. The maximum atomic E-state index is 10.4. The van der Waals surface area contributed by atoms with E-state index in [0.29, 0.717) is 13.0 Å². The summed E-state index contributed by atoms with van der Waals surface area (Å²) in [4.78, 5) is 12.4. The number of rotatable bonds is 8. The topological polar surface area (TPSA) is 49.8 Å². The van der Waals surface area contributed by atoms with Gasteiger partial charge in [0, 0.05) is 17.4 Å². The van der Waals surface area contributed by atoms with E-state index in [2.05, 4.69) is 20.8 Å². The van der Waals surface area contributed by atoms with Crippen molar-refractivity contribution in [1.82, 2.24) is 4.90 Å². The maximum absolute atomic E-state index is 10.4. The maximum Gasteiger partial charge on any atom is 0.303 e. The van der Waals surface area contributed by atoms with Crippen molar-refractivity contribution >= 4 is 21.9 Å². The highest BCUT2D eigenvalue weighted by Gasteiger charge is 2.01. The Bertz CT molecular complexity index is 367. The van der Waals surface area contributed by atoms with E-state index in [1.54, 1.807) is 0 Å². The lowest BCUT2D eigenvalue weighted by Gasteiger charge is -2.16. The summed E-state index contributed by atoms with van der Waals surface area (Å²) in [5.41, 5.74) is 0. The van der Waals surface area contributed by atoms with E-state index in [9.17, 15) is 4.79 Å². The van der Waals surface area contributed by atoms with Crippen molar-refractivity contribution in [2.45, 2.75) is 12.8 Å². The minimum atomic E-state index is -0.741. The lowest BCUT2D eigenvalue weighted by atomic mass is 10.3. The monoisotopic (exact) mass is 315 g/mol. The smallest absolute Gasteiger partial charge is 0.303 e. The summed E-state index contributed by atoms with van der Waals surface area (Å²) >= 11 is 3.37. The Morgan fingerprint density at radius 3 is 2.61 bits per heavy atom. The normalized spacial score (nSPS) is 10.6. The molecule has 0 bridgehead atoms. The van der Waals surface area contributed by atoms with Gasteiger partial charge >= 0.3 is 5.97 Å². The molecule has 0 aliphatic rings. The molecule has 0 atom stereocenters. The molecular formula is C13H18BrNO3. The molecule has 4 nitrogen and oxygen atoms in total. The van der Waals surface area contributed by atoms with E-state index in [0.717, 1.165) is 23.3 Å². The van der Waals surface area contributed by atoms with Gasteiger partial charge in [0.05, 0.1) is 0 Å². The fraction of sp³-hybridized carbons (Fsp3) is 0.462. The van der Waals surface area contributed by atoms with Crippen LogP contribution in [-0.2, 0) is 4.79 Å². The number of benzene rings is 1. The van der Waals surface area contributed by atoms with Crippen LogP contribution in [-0.4, -0.2) is 42.7 Å². The summed E-state index contributed by atoms with van der Waals surface area (Å²) < 4.78 is 6.61. The molecule has 0 aliphatic carbocycles. The summed E-state index contributed by atoms with van der Waals surface area (Å²) in [5, 5.41) is 8.53. The molecule has 1 rings (SSSR count). The number of carboxylic acids is 1. The summed E-state index contributed by atoms with van der Waals surface area (Å²) in [6, 6.07) is 7.70. The molecule has 0 aliphatic heterocycles. The average Bonchev–Trinajstić information content (AvgIpc) is 2.31. The number of carbonyl (C=O) groups is 1. The molecule has 0 heterocycles. The van der Waals surface area contributed by atoms with Crippen molar-refractivity contribution in [2.75, 3.05) is 26.7 Å². The number of hydrogen-bond donors (Lipinski definition) is 1. The SMILES string of the molecule is CN(CCCC(=O)O)CCOc1ccc(Br)cc1. The molecule has 5 heteroatoms. The number of halogens is 1. The van der Waals surface area contributed by atoms with Crippen molar-refractivity contribution in [3.8, 4) is 5.75 Å². The second-order valence-corrected chi connectivity index (χ2v) is 5.02. The van der Waals surface area contributed by atoms with E-state index in [4.69, 9.17) is 9.84 Å². The van der Waals surface area contributed by atoms with Crippen LogP contribution < -0.4 is 4.74 Å². The van der Waals surface area contributed by atoms with E-state index < -0.39 is 5.97 Å². The van der Waals surface area contributed by atoms with E-state index in [1.807, 2.05) is 31.3 Å². The van der Waals surface area contributed by atoms with Gasteiger partial charge in [0.15, 0.2) is 0 Å². The molecule has 0 saturated carbocycles. The molecule has 0 aromatic heterocycles. The van der Waals surface area contributed by atoms with E-state index in [-0.39, 0.29) is 6.42 Å². The molecule has 0 radical (unpaired) electrons. The zero-order valence-electron chi connectivity index (χ0n) is 10.4. The first-order valence-electron chi connectivity index (χ1n) is 5.86. The predicted molar refractivity (Wildman–Crippen MR) is 74.0 cm³/mol. The van der Waals surface area contributed by atoms with Crippen LogP contribution in [0, 0.1) is 0 Å². The van der Waals surface area contributed by atoms with Crippen LogP contribution in [0.4, 0.5) is 0 Å². The van der Waals surface area contributed by atoms with Crippen LogP contribution in [0.25, 0.3) is 0 Å². The Morgan fingerprint density at radius 1 is 1.33 bits per heavy atom. The molecule has 18 heavy (non-hydrogen) atoms. The molecule has 1 N–H and O–H groups in total. The average molecular weight is 316 g/mol. The first kappa shape index (κ1) is 15.0. The van der Waals surface area contributed by atoms with Gasteiger partial charge in [0.25, 0.3) is 0 Å². The number of aliphatic carboxylic acids is 1. The minimum absolute atomic E-state index is 0.220. The van der Waals surface area contributed by atoms with Gasteiger partial charge in [0.2, 0.25) is 0 Å². The van der Waals surface area contributed by atoms with Gasteiger partial charge in [-0.15, -0.1) is 0 Å². The highest BCUT2D eigenvalue weighted by Crippen LogP contribution is 2.15. The number of nitrogens with zero attached hydrogens (tertiary/aromatic N) is 1. The Balaban J connectivity index is 2.13. The number of likely N-dealkylation sites (N-methyl/N-ethyl adjacent to an activating group) is 1. The van der Waals surface area contributed by atoms with Gasteiger partial charge in [-0.1, -0.05) is 15.9 Å². The van der Waals surface area contributed by atoms with Crippen molar-refractivity contribution in [2.24, 2.45) is 0 Å². The van der Waals surface area contributed by atoms with Crippen LogP contribution in [0.1, 0.15) is 12.8 Å². The van der Waals surface area contributed by atoms with Gasteiger partial charge in [-0.25, -0.2) is 0 Å². The van der Waals surface area contributed by atoms with Gasteiger partial charge < -0.3 is 14.7 Å². The first-order chi connectivity index (χ1) is 8.58. The highest BCUT2D eigenvalue weighted by atomic mass is 79.9. The van der Waals surface area contributed by atoms with Gasteiger partial charge in [-0.05, 0) is 44.3 Å². The Labute approximate surface area is 116 Å². The highest BCUT2D eigenvalue weighted by molar-refractivity contribution is 9.10. The summed E-state index contributed by atoms with van der Waals surface area (Å²) in [5.74, 6) is 0.103. The number of hydrogen-bond acceptors (Lipinski definition) is 3. The standard InChI is InChI=1S/C13H18BrNO3/c1-15(8-2-3-13(16)17)9-10-18-12-6-4-11(14)5-7-12/h4-7H,2-3,8-10H2,1H3,(H,16,17). The molecule has 1 aromatic rings. The zero-order chi connectivity index (χ0) is 13.4. The third kappa shape index (κ3) is 6.61. The quantitative estimate of drug-likeness (QED) is 0.801. The van der Waals surface area contributed by atoms with Crippen molar-refractivity contribution in [3.05, 3.63) is 28.7 Å². The second kappa shape index (κ2) is 8.11. The minimum Gasteiger partial charge on any atom is -0.492 e. The summed E-state index contributed by atoms with van der Waals surface area (Å²) in [6.07, 6.45) is 0.891. The Morgan fingerprint density at radius 2 is 2.00 bits per heavy atom. The molecule has 1 aromatic carbocycles. The molecular weight excluding hydrogens is 298 g/mol. The fourth-order valence-electron chi connectivity index (χ4n) is 1.46. The molecule has 0 saturated heterocycles. The van der Waals surface area contributed by atoms with E-state index in [1.165, 1.54) is 0 Å². The predicted octanol–water partition coefficient (Wildman–Crippen LogP) is 2.62. The van der Waals surface area contributed by atoms with E-state index >= 15 is 0 Å². The fourth-order valence-corrected chi connectivity index (χ4v) is 1.73. The molecule has 0 amide bonds. The third-order valence-electron chi connectivity index (χ3n) is 2.49. The second-order valence-electron chi connectivity index (χ2n) is 4.10.